The van der Waals surface area contributed by atoms with Crippen LogP contribution in [-0.2, 0) is 0 Å². The summed E-state index contributed by atoms with van der Waals surface area (Å²) in [6.45, 7) is 3.55. The van der Waals surface area contributed by atoms with Gasteiger partial charge in [-0.15, -0.1) is 0 Å². The Labute approximate surface area is 83.1 Å². The molecule has 0 bridgehead atoms. The van der Waals surface area contributed by atoms with Gasteiger partial charge in [-0.25, -0.2) is 0 Å². The Morgan fingerprint density at radius 3 is 2.79 bits per heavy atom. The summed E-state index contributed by atoms with van der Waals surface area (Å²) in [6, 6.07) is 5.05. The highest BCUT2D eigenvalue weighted by Gasteiger charge is 2.08. The average Bonchev–Trinajstić information content (AvgIpc) is 2.17. The number of hydrogen-bond acceptors (Lipinski definition) is 3. The smallest absolute Gasteiger partial charge is 0.250 e. The van der Waals surface area contributed by atoms with Crippen LogP contribution in [-0.4, -0.2) is 13.0 Å². The van der Waals surface area contributed by atoms with Gasteiger partial charge < -0.3 is 15.8 Å². The van der Waals surface area contributed by atoms with Crippen LogP contribution >= 0.6 is 0 Å². The Morgan fingerprint density at radius 1 is 1.57 bits per heavy atom. The van der Waals surface area contributed by atoms with Crippen molar-refractivity contribution in [2.24, 2.45) is 5.73 Å². The van der Waals surface area contributed by atoms with Crippen molar-refractivity contribution in [2.75, 3.05) is 12.4 Å². The van der Waals surface area contributed by atoms with E-state index >= 15 is 0 Å². The summed E-state index contributed by atoms with van der Waals surface area (Å²) < 4.78 is 5.03. The molecule has 0 fully saturated rings. The van der Waals surface area contributed by atoms with Gasteiger partial charge in [0.25, 0.3) is 5.91 Å². The van der Waals surface area contributed by atoms with Gasteiger partial charge in [0.1, 0.15) is 5.75 Å². The van der Waals surface area contributed by atoms with Crippen LogP contribution in [0, 0.1) is 6.54 Å². The fraction of sp³-hybridized carbons (Fsp3) is 0.200. The molecule has 75 valence electrons. The molecule has 0 aliphatic heterocycles. The number of ether oxygens (including phenoxy) is 1. The number of rotatable bonds is 4. The van der Waals surface area contributed by atoms with Crippen molar-refractivity contribution in [2.45, 2.75) is 6.92 Å². The monoisotopic (exact) mass is 193 g/mol. The molecule has 4 nitrogen and oxygen atoms in total. The van der Waals surface area contributed by atoms with E-state index < -0.39 is 5.91 Å². The van der Waals surface area contributed by atoms with E-state index in [1.807, 2.05) is 6.92 Å². The summed E-state index contributed by atoms with van der Waals surface area (Å²) in [6.07, 6.45) is 0. The van der Waals surface area contributed by atoms with Crippen LogP contribution in [0.1, 0.15) is 17.3 Å². The molecule has 0 saturated carbocycles. The molecule has 1 aromatic carbocycles. The summed E-state index contributed by atoms with van der Waals surface area (Å²) >= 11 is 0. The molecule has 1 aromatic rings. The maximum Gasteiger partial charge on any atom is 0.250 e. The number of amides is 1. The molecule has 0 aliphatic rings. The van der Waals surface area contributed by atoms with Gasteiger partial charge in [0.05, 0.1) is 18.4 Å². The number of anilines is 1. The van der Waals surface area contributed by atoms with E-state index in [-0.39, 0.29) is 0 Å². The number of primary amides is 1. The normalized spacial score (nSPS) is 9.57. The van der Waals surface area contributed by atoms with Gasteiger partial charge in [0.2, 0.25) is 0 Å². The molecule has 0 aromatic heterocycles. The lowest BCUT2D eigenvalue weighted by atomic mass is 10.1. The van der Waals surface area contributed by atoms with Gasteiger partial charge in [-0.3, -0.25) is 4.79 Å². The molecule has 1 radical (unpaired) electrons. The first kappa shape index (κ1) is 10.4. The summed E-state index contributed by atoms with van der Waals surface area (Å²) in [4.78, 5) is 11.0. The second-order valence-electron chi connectivity index (χ2n) is 2.71. The van der Waals surface area contributed by atoms with Crippen molar-refractivity contribution in [3.05, 3.63) is 30.3 Å². The minimum absolute atomic E-state index is 0.448. The SMILES string of the molecule is C[CH]Nc1cc(OC)ccc1C(N)=O. The van der Waals surface area contributed by atoms with E-state index in [9.17, 15) is 4.79 Å². The minimum atomic E-state index is -0.461. The van der Waals surface area contributed by atoms with E-state index in [0.29, 0.717) is 17.0 Å². The van der Waals surface area contributed by atoms with Gasteiger partial charge in [0.15, 0.2) is 0 Å². The van der Waals surface area contributed by atoms with Gasteiger partial charge in [-0.2, -0.15) is 0 Å². The highest BCUT2D eigenvalue weighted by molar-refractivity contribution is 5.98. The van der Waals surface area contributed by atoms with Crippen LogP contribution in [0.4, 0.5) is 5.69 Å². The zero-order valence-electron chi connectivity index (χ0n) is 8.20. The molecular weight excluding hydrogens is 180 g/mol. The summed E-state index contributed by atoms with van der Waals surface area (Å²) in [5, 5.41) is 2.93. The minimum Gasteiger partial charge on any atom is -0.497 e. The molecule has 1 rings (SSSR count). The number of methoxy groups -OCH3 is 1. The van der Waals surface area contributed by atoms with Crippen LogP contribution in [0.25, 0.3) is 0 Å². The third-order valence-corrected chi connectivity index (χ3v) is 1.79. The second-order valence-corrected chi connectivity index (χ2v) is 2.71. The van der Waals surface area contributed by atoms with Crippen molar-refractivity contribution < 1.29 is 9.53 Å². The number of carbonyl (C=O) groups is 1. The molecule has 3 N–H and O–H groups in total. The first-order valence-corrected chi connectivity index (χ1v) is 4.21. The number of carbonyl (C=O) groups excluding carboxylic acids is 1. The van der Waals surface area contributed by atoms with Crippen molar-refractivity contribution in [1.82, 2.24) is 0 Å². The van der Waals surface area contributed by atoms with E-state index in [4.69, 9.17) is 10.5 Å². The molecule has 0 unspecified atom stereocenters. The first-order valence-electron chi connectivity index (χ1n) is 4.21. The van der Waals surface area contributed by atoms with Gasteiger partial charge >= 0.3 is 0 Å². The van der Waals surface area contributed by atoms with Crippen molar-refractivity contribution in [3.63, 3.8) is 0 Å². The highest BCUT2D eigenvalue weighted by atomic mass is 16.5. The molecule has 1 amide bonds. The molecule has 0 spiro atoms. The van der Waals surface area contributed by atoms with Gasteiger partial charge in [-0.1, -0.05) is 0 Å². The number of nitrogens with two attached hydrogens (primary N) is 1. The summed E-state index contributed by atoms with van der Waals surface area (Å²) in [7, 11) is 1.57. The maximum absolute atomic E-state index is 11.0. The van der Waals surface area contributed by atoms with E-state index in [1.165, 1.54) is 0 Å². The standard InChI is InChI=1S/C10H13N2O2/c1-3-12-9-6-7(14-2)4-5-8(9)10(11)13/h3-6,12H,1-2H3,(H2,11,13). The number of nitrogens with one attached hydrogen (secondary N) is 1. The Kier molecular flexibility index (Phi) is 3.34. The molecule has 0 atom stereocenters. The molecule has 0 heterocycles. The molecule has 0 saturated heterocycles. The van der Waals surface area contributed by atoms with Crippen LogP contribution in [0.5, 0.6) is 5.75 Å². The fourth-order valence-corrected chi connectivity index (χ4v) is 1.14. The predicted molar refractivity (Wildman–Crippen MR) is 55.1 cm³/mol. The first-order chi connectivity index (χ1) is 6.69. The summed E-state index contributed by atoms with van der Waals surface area (Å²) in [5.41, 5.74) is 6.30. The molecule has 4 heteroatoms. The van der Waals surface area contributed by atoms with Gasteiger partial charge in [0, 0.05) is 12.6 Å². The van der Waals surface area contributed by atoms with Crippen LogP contribution in [0.15, 0.2) is 18.2 Å². The lowest BCUT2D eigenvalue weighted by Gasteiger charge is -2.09. The highest BCUT2D eigenvalue weighted by Crippen LogP contribution is 2.22. The Balaban J connectivity index is 3.10. The lowest BCUT2D eigenvalue weighted by molar-refractivity contribution is 0.100. The number of hydrogen-bond donors (Lipinski definition) is 2. The van der Waals surface area contributed by atoms with Crippen LogP contribution in [0.2, 0.25) is 0 Å². The van der Waals surface area contributed by atoms with E-state index in [0.717, 1.165) is 0 Å². The maximum atomic E-state index is 11.0. The average molecular weight is 193 g/mol. The van der Waals surface area contributed by atoms with E-state index in [1.54, 1.807) is 31.9 Å². The Bertz CT molecular complexity index is 337. The third-order valence-electron chi connectivity index (χ3n) is 1.79. The number of benzene rings is 1. The van der Waals surface area contributed by atoms with Crippen LogP contribution in [0.3, 0.4) is 0 Å². The second kappa shape index (κ2) is 4.50. The Morgan fingerprint density at radius 2 is 2.29 bits per heavy atom. The summed E-state index contributed by atoms with van der Waals surface area (Å²) in [5.74, 6) is 0.219. The molecular formula is C10H13N2O2. The van der Waals surface area contributed by atoms with Crippen LogP contribution < -0.4 is 15.8 Å². The van der Waals surface area contributed by atoms with Crippen molar-refractivity contribution in [3.8, 4) is 5.75 Å². The van der Waals surface area contributed by atoms with E-state index in [2.05, 4.69) is 5.32 Å². The predicted octanol–water partition coefficient (Wildman–Crippen LogP) is 1.39. The van der Waals surface area contributed by atoms with Crippen molar-refractivity contribution in [1.29, 1.82) is 0 Å². The third kappa shape index (κ3) is 2.16. The topological polar surface area (TPSA) is 64.3 Å². The quantitative estimate of drug-likeness (QED) is 0.759. The zero-order chi connectivity index (χ0) is 10.6. The van der Waals surface area contributed by atoms with Gasteiger partial charge in [-0.05, 0) is 19.1 Å². The molecule has 14 heavy (non-hydrogen) atoms. The van der Waals surface area contributed by atoms with Crippen molar-refractivity contribution >= 4 is 11.6 Å². The zero-order valence-corrected chi connectivity index (χ0v) is 8.20. The fourth-order valence-electron chi connectivity index (χ4n) is 1.14. The molecule has 0 aliphatic carbocycles. The lowest BCUT2D eigenvalue weighted by Crippen LogP contribution is -2.13. The largest absolute Gasteiger partial charge is 0.497 e. The Hall–Kier alpha value is -1.71.